The standard InChI is InChI=1S/3Ca.2ClH.Mg.6H/h;;;2*1H;;;;;;;/q3*+2;;;+2;6*-1/p-2. The first kappa shape index (κ1) is 43.4. The van der Waals surface area contributed by atoms with Crippen LogP contribution < -0.4 is 24.8 Å². The average Bonchev–Trinajstić information content (AvgIpc) is 0. The largest absolute Gasteiger partial charge is 2.00 e. The van der Waals surface area contributed by atoms with Crippen molar-refractivity contribution < 1.29 is 33.4 Å². The van der Waals surface area contributed by atoms with Crippen LogP contribution in [0.15, 0.2) is 0 Å². The van der Waals surface area contributed by atoms with Crippen LogP contribution >= 0.6 is 0 Å². The molecule has 0 unspecified atom stereocenters. The predicted molar refractivity (Wildman–Crippen MR) is 29.7 cm³/mol. The van der Waals surface area contributed by atoms with Crippen LogP contribution in [0.3, 0.4) is 0 Å². The van der Waals surface area contributed by atoms with Gasteiger partial charge in [0.05, 0.1) is 0 Å². The fraction of sp³-hybridized carbons (Fsp3) is 0. The summed E-state index contributed by atoms with van der Waals surface area (Å²) in [5, 5.41) is 0. The van der Waals surface area contributed by atoms with E-state index >= 15 is 0 Å². The van der Waals surface area contributed by atoms with Gasteiger partial charge in [-0.2, -0.15) is 0 Å². The first-order chi connectivity index (χ1) is 0. The van der Waals surface area contributed by atoms with Gasteiger partial charge >= 0.3 is 136 Å². The quantitative estimate of drug-likeness (QED) is 0.357. The van der Waals surface area contributed by atoms with Crippen LogP contribution in [0.5, 0.6) is 0 Å². The van der Waals surface area contributed by atoms with Crippen LogP contribution in [-0.4, -0.2) is 136 Å². The first-order valence-corrected chi connectivity index (χ1v) is 0. The monoisotopic (exact) mass is 220 g/mol. The summed E-state index contributed by atoms with van der Waals surface area (Å²) in [6.07, 6.45) is 0. The van der Waals surface area contributed by atoms with Crippen molar-refractivity contribution in [2.24, 2.45) is 0 Å². The van der Waals surface area contributed by atoms with E-state index in [1.807, 2.05) is 0 Å². The molecule has 0 saturated heterocycles. The zero-order valence-electron chi connectivity index (χ0n) is 9.58. The van der Waals surface area contributed by atoms with Gasteiger partial charge in [-0.1, -0.05) is 0 Å². The van der Waals surface area contributed by atoms with E-state index in [1.165, 1.54) is 0 Å². The Balaban J connectivity index is 0. The SMILES string of the molecule is [Ca+2].[Ca+2].[Ca+2].[Cl-].[Cl-].[H-].[H-].[H-].[H-].[H-].[H-].[Mg+2]. The maximum atomic E-state index is 0. The molecule has 0 aliphatic rings. The Hall–Kier alpha value is 5.13. The summed E-state index contributed by atoms with van der Waals surface area (Å²) < 4.78 is 0. The Morgan fingerprint density at radius 2 is 0.667 bits per heavy atom. The molecule has 0 aliphatic carbocycles. The van der Waals surface area contributed by atoms with Crippen molar-refractivity contribution in [2.45, 2.75) is 0 Å². The predicted octanol–water partition coefficient (Wildman–Crippen LogP) is -6.84. The normalized spacial score (nSPS) is 0. The Morgan fingerprint density at radius 3 is 0.667 bits per heavy atom. The van der Waals surface area contributed by atoms with Gasteiger partial charge in [-0.25, -0.2) is 0 Å². The van der Waals surface area contributed by atoms with Crippen molar-refractivity contribution in [1.29, 1.82) is 0 Å². The van der Waals surface area contributed by atoms with Crippen LogP contribution in [0.4, 0.5) is 0 Å². The van der Waals surface area contributed by atoms with E-state index in [1.54, 1.807) is 0 Å². The summed E-state index contributed by atoms with van der Waals surface area (Å²) in [6.45, 7) is 0. The smallest absolute Gasteiger partial charge is 1.00 e. The summed E-state index contributed by atoms with van der Waals surface area (Å²) in [5.74, 6) is 0. The fourth-order valence-corrected chi connectivity index (χ4v) is 0. The van der Waals surface area contributed by atoms with Gasteiger partial charge in [0, 0.05) is 0 Å². The van der Waals surface area contributed by atoms with E-state index in [4.69, 9.17) is 0 Å². The maximum Gasteiger partial charge on any atom is 2.00 e. The van der Waals surface area contributed by atoms with Crippen LogP contribution in [-0.2, 0) is 0 Å². The molecule has 0 spiro atoms. The molecule has 0 rings (SSSR count). The topological polar surface area (TPSA) is 0 Å². The van der Waals surface area contributed by atoms with Gasteiger partial charge in [0.15, 0.2) is 0 Å². The molecule has 0 atom stereocenters. The molecule has 6 heavy (non-hydrogen) atoms. The fourth-order valence-electron chi connectivity index (χ4n) is 0. The molecule has 0 N–H and O–H groups in total. The zero-order valence-corrected chi connectivity index (χ0v) is 13.1. The second kappa shape index (κ2) is 32.1. The summed E-state index contributed by atoms with van der Waals surface area (Å²) >= 11 is 0. The Kier molecular flexibility index (Phi) is 232. The van der Waals surface area contributed by atoms with Crippen molar-refractivity contribution in [3.63, 3.8) is 0 Å². The molecular formula is H6Ca3Cl2Mg. The molecule has 0 bridgehead atoms. The zero-order chi connectivity index (χ0) is 0. The van der Waals surface area contributed by atoms with Crippen molar-refractivity contribution >= 4 is 136 Å². The average molecular weight is 221 g/mol. The molecular weight excluding hydrogens is 215 g/mol. The van der Waals surface area contributed by atoms with Gasteiger partial charge in [0.1, 0.15) is 0 Å². The van der Waals surface area contributed by atoms with Crippen LogP contribution in [0, 0.1) is 0 Å². The molecule has 0 aromatic rings. The van der Waals surface area contributed by atoms with Crippen LogP contribution in [0.2, 0.25) is 0 Å². The minimum absolute atomic E-state index is 0. The molecule has 6 heteroatoms. The third-order valence-electron chi connectivity index (χ3n) is 0. The van der Waals surface area contributed by atoms with E-state index in [-0.39, 0.29) is 170 Å². The number of halogens is 2. The third-order valence-corrected chi connectivity index (χ3v) is 0. The number of hydrogen-bond acceptors (Lipinski definition) is 0. The van der Waals surface area contributed by atoms with Crippen molar-refractivity contribution in [3.8, 4) is 0 Å². The van der Waals surface area contributed by atoms with E-state index in [2.05, 4.69) is 0 Å². The van der Waals surface area contributed by atoms with E-state index in [9.17, 15) is 0 Å². The first-order valence-electron chi connectivity index (χ1n) is 0. The van der Waals surface area contributed by atoms with E-state index < -0.39 is 0 Å². The van der Waals surface area contributed by atoms with Crippen molar-refractivity contribution in [2.75, 3.05) is 0 Å². The van der Waals surface area contributed by atoms with E-state index in [0.29, 0.717) is 0 Å². The second-order valence-corrected chi connectivity index (χ2v) is 0. The Labute approximate surface area is 165 Å². The minimum atomic E-state index is 0. The second-order valence-electron chi connectivity index (χ2n) is 0. The van der Waals surface area contributed by atoms with E-state index in [0.717, 1.165) is 0 Å². The summed E-state index contributed by atoms with van der Waals surface area (Å²) in [5.41, 5.74) is 0. The molecule has 0 aliphatic heterocycles. The van der Waals surface area contributed by atoms with Gasteiger partial charge in [0.25, 0.3) is 0 Å². The summed E-state index contributed by atoms with van der Waals surface area (Å²) in [7, 11) is 0. The molecule has 0 nitrogen and oxygen atoms in total. The molecule has 0 aromatic heterocycles. The number of hydrogen-bond donors (Lipinski definition) is 0. The maximum absolute atomic E-state index is 0. The Morgan fingerprint density at radius 1 is 0.667 bits per heavy atom. The van der Waals surface area contributed by atoms with Gasteiger partial charge in [-0.3, -0.25) is 0 Å². The van der Waals surface area contributed by atoms with Crippen molar-refractivity contribution in [1.82, 2.24) is 0 Å². The minimum Gasteiger partial charge on any atom is -1.00 e. The van der Waals surface area contributed by atoms with Gasteiger partial charge in [0.2, 0.25) is 0 Å². The van der Waals surface area contributed by atoms with Gasteiger partial charge < -0.3 is 33.4 Å². The van der Waals surface area contributed by atoms with Crippen LogP contribution in [0.1, 0.15) is 8.56 Å². The Bertz CT molecular complexity index is 20.8. The molecule has 0 amide bonds. The van der Waals surface area contributed by atoms with Crippen LogP contribution in [0.25, 0.3) is 0 Å². The molecule has 0 heterocycles. The molecule has 0 fully saturated rings. The molecule has 28 valence electrons. The molecule has 0 radical (unpaired) electrons. The summed E-state index contributed by atoms with van der Waals surface area (Å²) in [4.78, 5) is 0. The third kappa shape index (κ3) is 22.9. The summed E-state index contributed by atoms with van der Waals surface area (Å²) in [6, 6.07) is 0. The van der Waals surface area contributed by atoms with Crippen molar-refractivity contribution in [3.05, 3.63) is 0 Å². The molecule has 0 aromatic carbocycles. The number of rotatable bonds is 0. The van der Waals surface area contributed by atoms with Gasteiger partial charge in [-0.05, 0) is 0 Å². The molecule has 0 saturated carbocycles. The van der Waals surface area contributed by atoms with Gasteiger partial charge in [-0.15, -0.1) is 0 Å².